The lowest BCUT2D eigenvalue weighted by molar-refractivity contribution is -0.117. The molecular weight excluding hydrogens is 424 g/mol. The zero-order valence-electron chi connectivity index (χ0n) is 18.8. The number of Topliss-reactive ketones (excluding diaryl/α,β-unsaturated/α-hetero) is 1. The molecule has 2 aromatic carbocycles. The van der Waals surface area contributed by atoms with Crippen molar-refractivity contribution in [3.05, 3.63) is 103 Å². The summed E-state index contributed by atoms with van der Waals surface area (Å²) in [5.74, 6) is -0.398. The largest absolute Gasteiger partial charge is 0.394 e. The molecule has 1 unspecified atom stereocenters. The number of benzene rings is 2. The third-order valence-electron chi connectivity index (χ3n) is 5.92. The van der Waals surface area contributed by atoms with Crippen molar-refractivity contribution >= 4 is 16.7 Å². The monoisotopic (exact) mass is 448 g/mol. The SMILES string of the molecule is CC(=O)C(c1ccc(-c2nn(CCO)cc2-c2ccncc2)cc1)c1ccc2ccccc2n1. The number of aliphatic hydroxyl groups is 1. The Morgan fingerprint density at radius 3 is 2.44 bits per heavy atom. The molecule has 6 nitrogen and oxygen atoms in total. The molecule has 0 bridgehead atoms. The Kier molecular flexibility index (Phi) is 5.97. The molecule has 0 amide bonds. The van der Waals surface area contributed by atoms with E-state index in [4.69, 9.17) is 10.1 Å². The molecule has 168 valence electrons. The van der Waals surface area contributed by atoms with Gasteiger partial charge in [0.15, 0.2) is 0 Å². The van der Waals surface area contributed by atoms with E-state index in [1.807, 2.05) is 79.0 Å². The first kappa shape index (κ1) is 21.7. The van der Waals surface area contributed by atoms with Crippen LogP contribution in [0.1, 0.15) is 24.1 Å². The zero-order chi connectivity index (χ0) is 23.5. The van der Waals surface area contributed by atoms with Crippen molar-refractivity contribution in [3.8, 4) is 22.4 Å². The van der Waals surface area contributed by atoms with Crippen LogP contribution in [0.5, 0.6) is 0 Å². The number of ketones is 1. The number of hydrogen-bond donors (Lipinski definition) is 1. The van der Waals surface area contributed by atoms with Gasteiger partial charge < -0.3 is 5.11 Å². The van der Waals surface area contributed by atoms with E-state index in [9.17, 15) is 9.90 Å². The van der Waals surface area contributed by atoms with Crippen molar-refractivity contribution < 1.29 is 9.90 Å². The number of aromatic nitrogens is 4. The number of para-hydroxylation sites is 1. The van der Waals surface area contributed by atoms with E-state index in [-0.39, 0.29) is 12.4 Å². The summed E-state index contributed by atoms with van der Waals surface area (Å²) >= 11 is 0. The molecule has 0 radical (unpaired) electrons. The fourth-order valence-electron chi connectivity index (χ4n) is 4.28. The minimum Gasteiger partial charge on any atom is -0.394 e. The van der Waals surface area contributed by atoms with Crippen molar-refractivity contribution in [2.75, 3.05) is 6.61 Å². The van der Waals surface area contributed by atoms with Crippen LogP contribution in [0.15, 0.2) is 91.4 Å². The predicted molar refractivity (Wildman–Crippen MR) is 132 cm³/mol. The maximum atomic E-state index is 12.7. The molecule has 1 N–H and O–H groups in total. The zero-order valence-corrected chi connectivity index (χ0v) is 18.8. The molecule has 0 saturated carbocycles. The summed E-state index contributed by atoms with van der Waals surface area (Å²) in [6.45, 7) is 2.03. The van der Waals surface area contributed by atoms with Crippen molar-refractivity contribution in [2.24, 2.45) is 0 Å². The van der Waals surface area contributed by atoms with E-state index in [0.717, 1.165) is 44.5 Å². The number of carbonyl (C=O) groups is 1. The standard InChI is InChI=1S/C28H24N4O2/c1-19(34)27(26-11-10-21-4-2-3-5-25(21)30-26)22-6-8-23(9-7-22)28-24(18-32(31-28)16-17-33)20-12-14-29-15-13-20/h2-15,18,27,33H,16-17H2,1H3. The van der Waals surface area contributed by atoms with Crippen LogP contribution in [0, 0.1) is 0 Å². The van der Waals surface area contributed by atoms with E-state index in [1.54, 1.807) is 24.0 Å². The molecule has 6 heteroatoms. The highest BCUT2D eigenvalue weighted by Gasteiger charge is 2.22. The van der Waals surface area contributed by atoms with Crippen LogP contribution in [0.2, 0.25) is 0 Å². The van der Waals surface area contributed by atoms with Gasteiger partial charge in [-0.05, 0) is 42.3 Å². The molecule has 3 heterocycles. The number of fused-ring (bicyclic) bond motifs is 1. The highest BCUT2D eigenvalue weighted by molar-refractivity contribution is 5.88. The first-order valence-electron chi connectivity index (χ1n) is 11.2. The molecule has 1 atom stereocenters. The summed E-state index contributed by atoms with van der Waals surface area (Å²) in [7, 11) is 0. The maximum Gasteiger partial charge on any atom is 0.143 e. The summed E-state index contributed by atoms with van der Waals surface area (Å²) in [6.07, 6.45) is 5.44. The molecule has 34 heavy (non-hydrogen) atoms. The number of rotatable bonds is 7. The normalized spacial score (nSPS) is 12.1. The van der Waals surface area contributed by atoms with Crippen molar-refractivity contribution in [1.82, 2.24) is 19.7 Å². The quantitative estimate of drug-likeness (QED) is 0.384. The molecule has 0 aliphatic heterocycles. The summed E-state index contributed by atoms with van der Waals surface area (Å²) in [5.41, 5.74) is 6.21. The first-order chi connectivity index (χ1) is 16.6. The lowest BCUT2D eigenvalue weighted by atomic mass is 9.90. The number of pyridine rings is 2. The van der Waals surface area contributed by atoms with Crippen molar-refractivity contribution in [1.29, 1.82) is 0 Å². The van der Waals surface area contributed by atoms with Crippen LogP contribution in [-0.4, -0.2) is 37.2 Å². The second-order valence-corrected chi connectivity index (χ2v) is 8.21. The van der Waals surface area contributed by atoms with E-state index >= 15 is 0 Å². The van der Waals surface area contributed by atoms with E-state index < -0.39 is 5.92 Å². The van der Waals surface area contributed by atoms with Gasteiger partial charge >= 0.3 is 0 Å². The number of nitrogens with zero attached hydrogens (tertiary/aromatic N) is 4. The lowest BCUT2D eigenvalue weighted by Crippen LogP contribution is -2.12. The van der Waals surface area contributed by atoms with Gasteiger partial charge in [-0.3, -0.25) is 19.4 Å². The topological polar surface area (TPSA) is 80.9 Å². The van der Waals surface area contributed by atoms with Gasteiger partial charge in [0.25, 0.3) is 0 Å². The minimum absolute atomic E-state index is 0.00882. The maximum absolute atomic E-state index is 12.7. The van der Waals surface area contributed by atoms with Gasteiger partial charge in [-0.1, -0.05) is 48.5 Å². The van der Waals surface area contributed by atoms with Gasteiger partial charge in [0.2, 0.25) is 0 Å². The lowest BCUT2D eigenvalue weighted by Gasteiger charge is -2.15. The van der Waals surface area contributed by atoms with Crippen molar-refractivity contribution in [2.45, 2.75) is 19.4 Å². The molecule has 0 aliphatic carbocycles. The Bertz CT molecular complexity index is 1440. The van der Waals surface area contributed by atoms with Crippen LogP contribution in [0.3, 0.4) is 0 Å². The highest BCUT2D eigenvalue weighted by atomic mass is 16.3. The first-order valence-corrected chi connectivity index (χ1v) is 11.2. The van der Waals surface area contributed by atoms with Gasteiger partial charge in [-0.25, -0.2) is 0 Å². The van der Waals surface area contributed by atoms with E-state index in [0.29, 0.717) is 6.54 Å². The third kappa shape index (κ3) is 4.23. The minimum atomic E-state index is -0.440. The molecule has 3 aromatic heterocycles. The van der Waals surface area contributed by atoms with Crippen LogP contribution in [0.25, 0.3) is 33.3 Å². The van der Waals surface area contributed by atoms with Crippen LogP contribution >= 0.6 is 0 Å². The number of carbonyl (C=O) groups excluding carboxylic acids is 1. The fourth-order valence-corrected chi connectivity index (χ4v) is 4.28. The second kappa shape index (κ2) is 9.37. The predicted octanol–water partition coefficient (Wildman–Crippen LogP) is 4.87. The summed E-state index contributed by atoms with van der Waals surface area (Å²) < 4.78 is 1.75. The van der Waals surface area contributed by atoms with Crippen LogP contribution in [-0.2, 0) is 11.3 Å². The van der Waals surface area contributed by atoms with Gasteiger partial charge in [0, 0.05) is 35.1 Å². The molecular formula is C28H24N4O2. The van der Waals surface area contributed by atoms with Crippen molar-refractivity contribution in [3.63, 3.8) is 0 Å². The molecule has 5 aromatic rings. The smallest absolute Gasteiger partial charge is 0.143 e. The Balaban J connectivity index is 1.53. The molecule has 0 fully saturated rings. The van der Waals surface area contributed by atoms with Gasteiger partial charge in [-0.2, -0.15) is 5.10 Å². The average Bonchev–Trinajstić information content (AvgIpc) is 3.29. The summed E-state index contributed by atoms with van der Waals surface area (Å²) in [6, 6.07) is 23.6. The number of hydrogen-bond acceptors (Lipinski definition) is 5. The van der Waals surface area contributed by atoms with Gasteiger partial charge in [-0.15, -0.1) is 0 Å². The highest BCUT2D eigenvalue weighted by Crippen LogP contribution is 2.33. The molecule has 5 rings (SSSR count). The average molecular weight is 449 g/mol. The van der Waals surface area contributed by atoms with Gasteiger partial charge in [0.1, 0.15) is 11.5 Å². The Labute approximate surface area is 197 Å². The third-order valence-corrected chi connectivity index (χ3v) is 5.92. The van der Waals surface area contributed by atoms with Crippen LogP contribution in [0.4, 0.5) is 0 Å². The molecule has 0 saturated heterocycles. The Morgan fingerprint density at radius 2 is 1.71 bits per heavy atom. The number of aliphatic hydroxyl groups excluding tert-OH is 1. The Hall–Kier alpha value is -4.16. The van der Waals surface area contributed by atoms with E-state index in [2.05, 4.69) is 4.98 Å². The van der Waals surface area contributed by atoms with Crippen LogP contribution < -0.4 is 0 Å². The Morgan fingerprint density at radius 1 is 0.941 bits per heavy atom. The van der Waals surface area contributed by atoms with Gasteiger partial charge in [0.05, 0.1) is 30.3 Å². The summed E-state index contributed by atoms with van der Waals surface area (Å²) in [4.78, 5) is 21.5. The molecule has 0 spiro atoms. The van der Waals surface area contributed by atoms with E-state index in [1.165, 1.54) is 0 Å². The molecule has 0 aliphatic rings. The fraction of sp³-hybridized carbons (Fsp3) is 0.143. The summed E-state index contributed by atoms with van der Waals surface area (Å²) in [5, 5.41) is 15.1. The second-order valence-electron chi connectivity index (χ2n) is 8.21.